The van der Waals surface area contributed by atoms with Gasteiger partial charge in [-0.1, -0.05) is 12.1 Å². The van der Waals surface area contributed by atoms with Gasteiger partial charge in [0.15, 0.2) is 0 Å². The van der Waals surface area contributed by atoms with Gasteiger partial charge in [0.1, 0.15) is 6.21 Å². The molecular weight excluding hydrogens is 368 g/mol. The van der Waals surface area contributed by atoms with Gasteiger partial charge in [0.05, 0.1) is 4.92 Å². The van der Waals surface area contributed by atoms with E-state index in [1.54, 1.807) is 12.3 Å². The van der Waals surface area contributed by atoms with E-state index in [2.05, 4.69) is 5.10 Å². The zero-order valence-corrected chi connectivity index (χ0v) is 15.0. The van der Waals surface area contributed by atoms with Gasteiger partial charge in [-0.05, 0) is 27.5 Å². The third-order valence-corrected chi connectivity index (χ3v) is 3.06. The second kappa shape index (κ2) is 9.17. The number of nitrogens with zero attached hydrogens (tertiary/aromatic N) is 4. The van der Waals surface area contributed by atoms with Crippen LogP contribution in [0, 0.1) is 27.3 Å². The minimum Gasteiger partial charge on any atom is -0.378 e. The molecule has 0 aliphatic rings. The van der Waals surface area contributed by atoms with E-state index in [9.17, 15) is 10.1 Å². The second-order valence-electron chi connectivity index (χ2n) is 5.24. The maximum atomic E-state index is 10.8. The molecule has 26 heavy (non-hydrogen) atoms. The lowest BCUT2D eigenvalue weighted by Crippen LogP contribution is -2.68. The second-order valence-corrected chi connectivity index (χ2v) is 5.99. The van der Waals surface area contributed by atoms with E-state index in [1.165, 1.54) is 16.9 Å². The van der Waals surface area contributed by atoms with E-state index in [4.69, 9.17) is 18.6 Å². The zero-order valence-electron chi connectivity index (χ0n) is 14.2. The van der Waals surface area contributed by atoms with E-state index < -0.39 is 15.2 Å². The van der Waals surface area contributed by atoms with Gasteiger partial charge in [-0.3, -0.25) is 10.1 Å². The molecule has 1 aromatic carbocycles. The van der Waals surface area contributed by atoms with Crippen LogP contribution < -0.4 is 28.2 Å². The minimum atomic E-state index is -4.94. The average Bonchev–Trinajstić information content (AvgIpc) is 2.52. The maximum Gasteiger partial charge on any atom is 0.335 e. The zero-order chi connectivity index (χ0) is 19.9. The van der Waals surface area contributed by atoms with Gasteiger partial charge in [-0.15, -0.1) is 10.2 Å². The molecule has 0 atom stereocenters. The highest BCUT2D eigenvalue weighted by atomic mass is 35.7. The fourth-order valence-electron chi connectivity index (χ4n) is 1.77. The quantitative estimate of drug-likeness (QED) is 0.242. The van der Waals surface area contributed by atoms with Crippen LogP contribution in [0.25, 0.3) is 0 Å². The fourth-order valence-corrected chi connectivity index (χ4v) is 1.77. The van der Waals surface area contributed by atoms with Crippen molar-refractivity contribution in [3.05, 3.63) is 64.0 Å². The number of anilines is 1. The van der Waals surface area contributed by atoms with Crippen molar-refractivity contribution in [3.63, 3.8) is 0 Å². The molecule has 0 spiro atoms. The topological polar surface area (TPSA) is 155 Å². The first-order valence-corrected chi connectivity index (χ1v) is 8.31. The first-order chi connectivity index (χ1) is 12.0. The SMILES string of the molecule is Cc1ccc([N+](=O)[O-])c[n+]1N=Cc1ccc(N(C)C)cc1.[O-][Cl+3]([O-])([O-])[O-]. The molecule has 0 unspecified atom stereocenters. The number of pyridine rings is 1. The maximum absolute atomic E-state index is 10.8. The van der Waals surface area contributed by atoms with Crippen LogP contribution in [0.15, 0.2) is 47.7 Å². The van der Waals surface area contributed by atoms with E-state index >= 15 is 0 Å². The van der Waals surface area contributed by atoms with Gasteiger partial charge >= 0.3 is 5.69 Å². The number of benzene rings is 1. The summed E-state index contributed by atoms with van der Waals surface area (Å²) in [5.74, 6) is 0. The number of hydrogen-bond acceptors (Lipinski definition) is 8. The van der Waals surface area contributed by atoms with Crippen molar-refractivity contribution in [2.24, 2.45) is 5.10 Å². The van der Waals surface area contributed by atoms with Gasteiger partial charge in [0, 0.05) is 38.8 Å². The number of halogens is 1. The highest BCUT2D eigenvalue weighted by molar-refractivity contribution is 5.79. The smallest absolute Gasteiger partial charge is 0.335 e. The molecule has 0 fully saturated rings. The molecule has 1 heterocycles. The van der Waals surface area contributed by atoms with Crippen molar-refractivity contribution in [2.45, 2.75) is 6.92 Å². The summed E-state index contributed by atoms with van der Waals surface area (Å²) >= 11 is 0. The van der Waals surface area contributed by atoms with Crippen LogP contribution in [0.5, 0.6) is 0 Å². The molecule has 0 bridgehead atoms. The summed E-state index contributed by atoms with van der Waals surface area (Å²) in [6.45, 7) is 1.84. The average molecular weight is 385 g/mol. The predicted molar refractivity (Wildman–Crippen MR) is 81.8 cm³/mol. The Morgan fingerprint density at radius 2 is 1.62 bits per heavy atom. The Morgan fingerprint density at radius 3 is 2.08 bits per heavy atom. The third kappa shape index (κ3) is 7.96. The van der Waals surface area contributed by atoms with Crippen LogP contribution >= 0.6 is 0 Å². The first-order valence-electron chi connectivity index (χ1n) is 7.07. The molecule has 0 aliphatic carbocycles. The van der Waals surface area contributed by atoms with Crippen molar-refractivity contribution in [3.8, 4) is 0 Å². The predicted octanol–water partition coefficient (Wildman–Crippen LogP) is -2.62. The number of nitro groups is 1. The summed E-state index contributed by atoms with van der Waals surface area (Å²) in [5.41, 5.74) is 2.87. The normalized spacial score (nSPS) is 11.0. The Kier molecular flexibility index (Phi) is 7.56. The first kappa shape index (κ1) is 21.4. The van der Waals surface area contributed by atoms with E-state index in [-0.39, 0.29) is 5.69 Å². The van der Waals surface area contributed by atoms with Crippen LogP contribution in [-0.2, 0) is 0 Å². The molecule has 0 saturated carbocycles. The highest BCUT2D eigenvalue weighted by Gasteiger charge is 2.14. The Bertz CT molecular complexity index is 769. The molecule has 0 N–H and O–H groups in total. The molecule has 0 radical (unpaired) electrons. The summed E-state index contributed by atoms with van der Waals surface area (Å²) < 4.78 is 35.5. The molecule has 2 aromatic rings. The van der Waals surface area contributed by atoms with Gasteiger partial charge in [-0.2, -0.15) is 0 Å². The van der Waals surface area contributed by atoms with Crippen LogP contribution in [-0.4, -0.2) is 25.2 Å². The van der Waals surface area contributed by atoms with Gasteiger partial charge in [0.25, 0.3) is 6.20 Å². The number of aryl methyl sites for hydroxylation is 1. The Labute approximate surface area is 151 Å². The molecular formula is C15H17ClN4O6. The molecule has 140 valence electrons. The number of rotatable bonds is 4. The summed E-state index contributed by atoms with van der Waals surface area (Å²) in [7, 11) is -0.989. The van der Waals surface area contributed by atoms with Gasteiger partial charge < -0.3 is 4.90 Å². The van der Waals surface area contributed by atoms with Crippen LogP contribution in [0.1, 0.15) is 11.3 Å². The largest absolute Gasteiger partial charge is 0.378 e. The molecule has 2 rings (SSSR count). The van der Waals surface area contributed by atoms with Crippen molar-refractivity contribution in [2.75, 3.05) is 19.0 Å². The van der Waals surface area contributed by atoms with E-state index in [0.717, 1.165) is 16.9 Å². The minimum absolute atomic E-state index is 0.0145. The van der Waals surface area contributed by atoms with Gasteiger partial charge in [0.2, 0.25) is 5.69 Å². The monoisotopic (exact) mass is 384 g/mol. The summed E-state index contributed by atoms with van der Waals surface area (Å²) in [6.07, 6.45) is 3.08. The summed E-state index contributed by atoms with van der Waals surface area (Å²) in [4.78, 5) is 12.4. The molecule has 0 aliphatic heterocycles. The van der Waals surface area contributed by atoms with Gasteiger partial charge in [-0.25, -0.2) is 18.6 Å². The number of hydrogen-bond donors (Lipinski definition) is 0. The number of aromatic nitrogens is 1. The van der Waals surface area contributed by atoms with Crippen molar-refractivity contribution in [1.29, 1.82) is 0 Å². The lowest BCUT2D eigenvalue weighted by atomic mass is 10.2. The van der Waals surface area contributed by atoms with Crippen molar-refractivity contribution < 1.29 is 38.5 Å². The molecule has 0 saturated heterocycles. The molecule has 1 aromatic heterocycles. The van der Waals surface area contributed by atoms with Crippen LogP contribution in [0.3, 0.4) is 0 Å². The van der Waals surface area contributed by atoms with Crippen LogP contribution in [0.2, 0.25) is 0 Å². The Hall–Kier alpha value is -2.63. The lowest BCUT2D eigenvalue weighted by Gasteiger charge is -2.17. The summed E-state index contributed by atoms with van der Waals surface area (Å²) in [6, 6.07) is 11.0. The lowest BCUT2D eigenvalue weighted by molar-refractivity contribution is -2.00. The fraction of sp³-hybridized carbons (Fsp3) is 0.200. The van der Waals surface area contributed by atoms with Crippen molar-refractivity contribution >= 4 is 17.6 Å². The molecule has 11 heteroatoms. The van der Waals surface area contributed by atoms with E-state index in [0.29, 0.717) is 0 Å². The van der Waals surface area contributed by atoms with Crippen LogP contribution in [0.4, 0.5) is 11.4 Å². The standard InChI is InChI=1S/C15H17N4O2.ClHO4/c1-12-4-7-15(19(20)21)11-18(12)16-10-13-5-8-14(9-6-13)17(2)3;2-1(3,4)5/h4-11H,1-3H3;(H,2,3,4,5)/q+1;/p-1. The Morgan fingerprint density at radius 1 is 1.08 bits per heavy atom. The highest BCUT2D eigenvalue weighted by Crippen LogP contribution is 2.11. The molecule has 0 amide bonds. The molecule has 10 nitrogen and oxygen atoms in total. The van der Waals surface area contributed by atoms with E-state index in [1.807, 2.05) is 50.2 Å². The Balaban J connectivity index is 0.000000597. The summed E-state index contributed by atoms with van der Waals surface area (Å²) in [5, 5.41) is 15.0. The van der Waals surface area contributed by atoms with Crippen molar-refractivity contribution in [1.82, 2.24) is 0 Å². The third-order valence-electron chi connectivity index (χ3n) is 3.06.